The first-order valence-electron chi connectivity index (χ1n) is 8.40. The summed E-state index contributed by atoms with van der Waals surface area (Å²) in [7, 11) is 0. The van der Waals surface area contributed by atoms with Gasteiger partial charge in [0.1, 0.15) is 11.6 Å². The normalized spacial score (nSPS) is 12.3. The van der Waals surface area contributed by atoms with Gasteiger partial charge in [0.15, 0.2) is 17.3 Å². The number of aryl methyl sites for hydroxylation is 1. The quantitative estimate of drug-likeness (QED) is 0.562. The first-order chi connectivity index (χ1) is 13.4. The summed E-state index contributed by atoms with van der Waals surface area (Å²) in [6.07, 6.45) is 4.63. The van der Waals surface area contributed by atoms with E-state index in [0.29, 0.717) is 23.0 Å². The Kier molecular flexibility index (Phi) is 4.30. The van der Waals surface area contributed by atoms with Gasteiger partial charge in [-0.25, -0.2) is 28.2 Å². The highest BCUT2D eigenvalue weighted by molar-refractivity contribution is 5.64. The van der Waals surface area contributed by atoms with E-state index in [1.54, 1.807) is 6.07 Å². The number of halogens is 2. The van der Waals surface area contributed by atoms with Crippen molar-refractivity contribution in [3.63, 3.8) is 0 Å². The van der Waals surface area contributed by atoms with Gasteiger partial charge in [0.05, 0.1) is 35.9 Å². The minimum atomic E-state index is -0.572. The average Bonchev–Trinajstić information content (AvgIpc) is 3.07. The topological polar surface area (TPSA) is 101 Å². The molecule has 1 unspecified atom stereocenters. The fourth-order valence-electron chi connectivity index (χ4n) is 2.79. The zero-order valence-corrected chi connectivity index (χ0v) is 14.9. The number of aromatic nitrogens is 6. The lowest BCUT2D eigenvalue weighted by Gasteiger charge is -2.15. The molecule has 0 bridgehead atoms. The number of pyridine rings is 1. The lowest BCUT2D eigenvalue weighted by Crippen LogP contribution is -2.15. The monoisotopic (exact) mass is 383 g/mol. The number of nitrogens with zero attached hydrogens (tertiary/aromatic N) is 5. The maximum Gasteiger partial charge on any atom is 0.257 e. The molecule has 10 heteroatoms. The van der Waals surface area contributed by atoms with Gasteiger partial charge in [-0.3, -0.25) is 4.79 Å². The average molecular weight is 383 g/mol. The van der Waals surface area contributed by atoms with Crippen LogP contribution in [0.2, 0.25) is 0 Å². The van der Waals surface area contributed by atoms with Crippen LogP contribution in [0.1, 0.15) is 24.4 Å². The highest BCUT2D eigenvalue weighted by atomic mass is 19.1. The Balaban J connectivity index is 1.76. The SMILES string of the molecule is Cc1cc2ncc(-c3cc(F)c[nH]c3=O)n2nc1NC(C)c1ncc(F)cn1. The largest absolute Gasteiger partial charge is 0.359 e. The van der Waals surface area contributed by atoms with E-state index in [4.69, 9.17) is 0 Å². The van der Waals surface area contributed by atoms with Crippen molar-refractivity contribution in [3.8, 4) is 11.3 Å². The molecule has 8 nitrogen and oxygen atoms in total. The van der Waals surface area contributed by atoms with E-state index in [1.165, 1.54) is 10.7 Å². The summed E-state index contributed by atoms with van der Waals surface area (Å²) < 4.78 is 28.1. The van der Waals surface area contributed by atoms with Crippen LogP contribution in [0.5, 0.6) is 0 Å². The van der Waals surface area contributed by atoms with Gasteiger partial charge in [-0.1, -0.05) is 0 Å². The third-order valence-electron chi connectivity index (χ3n) is 4.21. The van der Waals surface area contributed by atoms with Gasteiger partial charge in [0.25, 0.3) is 5.56 Å². The van der Waals surface area contributed by atoms with Crippen molar-refractivity contribution in [2.45, 2.75) is 19.9 Å². The lowest BCUT2D eigenvalue weighted by atomic mass is 10.2. The zero-order valence-electron chi connectivity index (χ0n) is 14.9. The van der Waals surface area contributed by atoms with Crippen LogP contribution < -0.4 is 10.9 Å². The molecule has 0 saturated heterocycles. The number of rotatable bonds is 4. The van der Waals surface area contributed by atoms with Crippen LogP contribution in [-0.2, 0) is 0 Å². The van der Waals surface area contributed by atoms with E-state index in [0.717, 1.165) is 30.2 Å². The molecule has 4 heterocycles. The van der Waals surface area contributed by atoms with Crippen LogP contribution in [0.4, 0.5) is 14.6 Å². The van der Waals surface area contributed by atoms with Crippen molar-refractivity contribution >= 4 is 11.5 Å². The fourth-order valence-corrected chi connectivity index (χ4v) is 2.79. The molecule has 0 aromatic carbocycles. The Morgan fingerprint density at radius 1 is 1.11 bits per heavy atom. The molecule has 0 fully saturated rings. The van der Waals surface area contributed by atoms with Crippen molar-refractivity contribution in [1.29, 1.82) is 0 Å². The van der Waals surface area contributed by atoms with Gasteiger partial charge < -0.3 is 10.3 Å². The van der Waals surface area contributed by atoms with Gasteiger partial charge in [0.2, 0.25) is 0 Å². The molecule has 0 radical (unpaired) electrons. The van der Waals surface area contributed by atoms with Crippen molar-refractivity contribution in [1.82, 2.24) is 29.5 Å². The summed E-state index contributed by atoms with van der Waals surface area (Å²) in [6.45, 7) is 3.65. The van der Waals surface area contributed by atoms with Gasteiger partial charge in [-0.15, -0.1) is 5.10 Å². The number of fused-ring (bicyclic) bond motifs is 1. The van der Waals surface area contributed by atoms with Crippen LogP contribution in [0.15, 0.2) is 41.7 Å². The fraction of sp³-hybridized carbons (Fsp3) is 0.167. The second-order valence-corrected chi connectivity index (χ2v) is 6.28. The van der Waals surface area contributed by atoms with E-state index >= 15 is 0 Å². The van der Waals surface area contributed by atoms with Crippen LogP contribution in [0.25, 0.3) is 16.9 Å². The van der Waals surface area contributed by atoms with Gasteiger partial charge in [0, 0.05) is 6.20 Å². The minimum Gasteiger partial charge on any atom is -0.359 e. The summed E-state index contributed by atoms with van der Waals surface area (Å²) in [5.41, 5.74) is 1.32. The number of nitrogens with one attached hydrogen (secondary N) is 2. The second kappa shape index (κ2) is 6.80. The molecular formula is C18H15F2N7O. The van der Waals surface area contributed by atoms with E-state index < -0.39 is 17.2 Å². The van der Waals surface area contributed by atoms with E-state index in [-0.39, 0.29) is 11.6 Å². The molecule has 0 aliphatic heterocycles. The summed E-state index contributed by atoms with van der Waals surface area (Å²) in [6, 6.07) is 2.56. The molecular weight excluding hydrogens is 368 g/mol. The van der Waals surface area contributed by atoms with E-state index in [1.807, 2.05) is 13.8 Å². The molecule has 0 spiro atoms. The van der Waals surface area contributed by atoms with Crippen LogP contribution in [0, 0.1) is 18.6 Å². The summed E-state index contributed by atoms with van der Waals surface area (Å²) in [5, 5.41) is 7.67. The number of anilines is 1. The smallest absolute Gasteiger partial charge is 0.257 e. The highest BCUT2D eigenvalue weighted by Gasteiger charge is 2.16. The molecule has 28 heavy (non-hydrogen) atoms. The number of H-pyrrole nitrogens is 1. The molecule has 1 atom stereocenters. The Morgan fingerprint density at radius 3 is 2.61 bits per heavy atom. The molecule has 0 saturated carbocycles. The maximum atomic E-state index is 13.6. The zero-order chi connectivity index (χ0) is 19.8. The molecule has 4 aromatic heterocycles. The summed E-state index contributed by atoms with van der Waals surface area (Å²) in [5.74, 6) is -0.192. The van der Waals surface area contributed by atoms with Crippen molar-refractivity contribution in [2.24, 2.45) is 0 Å². The van der Waals surface area contributed by atoms with Gasteiger partial charge in [-0.05, 0) is 31.5 Å². The van der Waals surface area contributed by atoms with Crippen molar-refractivity contribution in [3.05, 3.63) is 70.3 Å². The number of aromatic amines is 1. The van der Waals surface area contributed by atoms with Crippen LogP contribution in [0.3, 0.4) is 0 Å². The molecule has 0 aliphatic carbocycles. The first kappa shape index (κ1) is 17.7. The standard InChI is InChI=1S/C18H15F2N7O/c1-9-3-15-21-8-14(13-4-11(19)5-24-18(13)28)27(15)26-16(9)25-10(2)17-22-6-12(20)7-23-17/h3-8,10H,1-2H3,(H,24,28)(H,25,26). The predicted molar refractivity (Wildman–Crippen MR) is 97.8 cm³/mol. The predicted octanol–water partition coefficient (Wildman–Crippen LogP) is 2.63. The third-order valence-corrected chi connectivity index (χ3v) is 4.21. The van der Waals surface area contributed by atoms with Crippen molar-refractivity contribution in [2.75, 3.05) is 5.32 Å². The molecule has 2 N–H and O–H groups in total. The summed E-state index contributed by atoms with van der Waals surface area (Å²) >= 11 is 0. The molecule has 0 aliphatic rings. The molecule has 0 amide bonds. The Morgan fingerprint density at radius 2 is 1.86 bits per heavy atom. The van der Waals surface area contributed by atoms with Crippen LogP contribution in [-0.4, -0.2) is 29.5 Å². The van der Waals surface area contributed by atoms with E-state index in [2.05, 4.69) is 30.4 Å². The lowest BCUT2D eigenvalue weighted by molar-refractivity contribution is 0.604. The van der Waals surface area contributed by atoms with Crippen molar-refractivity contribution < 1.29 is 8.78 Å². The number of imidazole rings is 1. The first-order valence-corrected chi connectivity index (χ1v) is 8.40. The molecule has 4 aromatic rings. The molecule has 142 valence electrons. The highest BCUT2D eigenvalue weighted by Crippen LogP contribution is 2.23. The van der Waals surface area contributed by atoms with Crippen LogP contribution >= 0.6 is 0 Å². The van der Waals surface area contributed by atoms with E-state index in [9.17, 15) is 13.6 Å². The Bertz CT molecular complexity index is 1220. The number of hydrogen-bond acceptors (Lipinski definition) is 6. The number of hydrogen-bond donors (Lipinski definition) is 2. The third kappa shape index (κ3) is 3.20. The summed E-state index contributed by atoms with van der Waals surface area (Å²) in [4.78, 5) is 26.6. The minimum absolute atomic E-state index is 0.115. The Labute approximate surface area is 157 Å². The molecule has 4 rings (SSSR count). The second-order valence-electron chi connectivity index (χ2n) is 6.28. The van der Waals surface area contributed by atoms with Gasteiger partial charge >= 0.3 is 0 Å². The van der Waals surface area contributed by atoms with Gasteiger partial charge in [-0.2, -0.15) is 0 Å². The maximum absolute atomic E-state index is 13.6. The Hall–Kier alpha value is -3.69.